The van der Waals surface area contributed by atoms with Gasteiger partial charge >= 0.3 is 5.97 Å². The zero-order chi connectivity index (χ0) is 27.1. The maximum atomic E-state index is 11.8. The Balaban J connectivity index is 1.94. The SMILES string of the molecule is C=C=C(CN1CCCC(C(=O)O)C1)C(c1ccc(OC)cc1)(c1ccc(OC)cc1)c1ccc(OC)cc1. The number of nitrogens with zero attached hydrogens (tertiary/aromatic N) is 1. The van der Waals surface area contributed by atoms with Crippen LogP contribution in [-0.2, 0) is 10.2 Å². The van der Waals surface area contributed by atoms with E-state index in [9.17, 15) is 9.90 Å². The predicted octanol–water partition coefficient (Wildman–Crippen LogP) is 5.55. The molecule has 4 rings (SSSR count). The molecule has 0 saturated carbocycles. The zero-order valence-corrected chi connectivity index (χ0v) is 22.3. The average molecular weight is 514 g/mol. The summed E-state index contributed by atoms with van der Waals surface area (Å²) in [5, 5.41) is 9.69. The summed E-state index contributed by atoms with van der Waals surface area (Å²) in [5.74, 6) is 1.16. The van der Waals surface area contributed by atoms with Crippen molar-refractivity contribution >= 4 is 5.97 Å². The Bertz CT molecular complexity index is 1160. The molecule has 1 N–H and O–H groups in total. The second-order valence-corrected chi connectivity index (χ2v) is 9.50. The van der Waals surface area contributed by atoms with Crippen LogP contribution in [0.15, 0.2) is 90.7 Å². The fraction of sp³-hybridized carbons (Fsp3) is 0.312. The maximum absolute atomic E-state index is 11.8. The van der Waals surface area contributed by atoms with E-state index in [1.54, 1.807) is 21.3 Å². The van der Waals surface area contributed by atoms with E-state index in [-0.39, 0.29) is 5.92 Å². The number of hydrogen-bond donors (Lipinski definition) is 1. The molecule has 198 valence electrons. The van der Waals surface area contributed by atoms with Crippen molar-refractivity contribution in [2.24, 2.45) is 5.92 Å². The van der Waals surface area contributed by atoms with Gasteiger partial charge in [0, 0.05) is 18.7 Å². The quantitative estimate of drug-likeness (QED) is 0.283. The van der Waals surface area contributed by atoms with Gasteiger partial charge in [0.2, 0.25) is 0 Å². The molecule has 3 aromatic carbocycles. The smallest absolute Gasteiger partial charge is 0.307 e. The number of carboxylic acids is 1. The predicted molar refractivity (Wildman–Crippen MR) is 148 cm³/mol. The number of carboxylic acid groups (broad SMARTS) is 1. The Morgan fingerprint density at radius 1 is 0.868 bits per heavy atom. The van der Waals surface area contributed by atoms with Crippen molar-refractivity contribution < 1.29 is 24.1 Å². The van der Waals surface area contributed by atoms with Gasteiger partial charge in [-0.2, -0.15) is 0 Å². The minimum atomic E-state index is -0.761. The van der Waals surface area contributed by atoms with Gasteiger partial charge in [0.1, 0.15) is 17.2 Å². The summed E-state index contributed by atoms with van der Waals surface area (Å²) in [4.78, 5) is 14.0. The van der Waals surface area contributed by atoms with Crippen molar-refractivity contribution in [1.82, 2.24) is 4.90 Å². The van der Waals surface area contributed by atoms with Gasteiger partial charge in [-0.3, -0.25) is 9.69 Å². The van der Waals surface area contributed by atoms with Crippen LogP contribution in [0, 0.1) is 5.92 Å². The number of aliphatic carboxylic acids is 1. The normalized spacial score (nSPS) is 15.8. The number of piperidine rings is 1. The van der Waals surface area contributed by atoms with E-state index in [0.717, 1.165) is 52.5 Å². The first-order valence-electron chi connectivity index (χ1n) is 12.7. The van der Waals surface area contributed by atoms with Crippen molar-refractivity contribution in [2.75, 3.05) is 41.0 Å². The lowest BCUT2D eigenvalue weighted by atomic mass is 9.64. The molecule has 1 aliphatic rings. The van der Waals surface area contributed by atoms with Gasteiger partial charge in [-0.05, 0) is 72.5 Å². The van der Waals surface area contributed by atoms with Crippen LogP contribution in [0.1, 0.15) is 29.5 Å². The van der Waals surface area contributed by atoms with Gasteiger partial charge in [0.15, 0.2) is 0 Å². The molecule has 1 saturated heterocycles. The molecular formula is C32H35NO5. The Labute approximate surface area is 224 Å². The molecule has 0 spiro atoms. The molecule has 0 aliphatic carbocycles. The fourth-order valence-electron chi connectivity index (χ4n) is 5.48. The molecule has 3 aromatic rings. The van der Waals surface area contributed by atoms with Crippen LogP contribution >= 0.6 is 0 Å². The van der Waals surface area contributed by atoms with Gasteiger partial charge in [-0.1, -0.05) is 43.0 Å². The molecule has 1 aliphatic heterocycles. The van der Waals surface area contributed by atoms with E-state index < -0.39 is 11.4 Å². The summed E-state index contributed by atoms with van der Waals surface area (Å²) in [6.45, 7) is 5.98. The van der Waals surface area contributed by atoms with E-state index in [1.165, 1.54) is 0 Å². The number of benzene rings is 3. The molecule has 0 amide bonds. The van der Waals surface area contributed by atoms with Crippen LogP contribution in [-0.4, -0.2) is 56.9 Å². The van der Waals surface area contributed by atoms with Crippen LogP contribution < -0.4 is 14.2 Å². The fourth-order valence-corrected chi connectivity index (χ4v) is 5.48. The van der Waals surface area contributed by atoms with E-state index in [2.05, 4.69) is 53.6 Å². The lowest BCUT2D eigenvalue weighted by molar-refractivity contribution is -0.143. The molecular weight excluding hydrogens is 478 g/mol. The van der Waals surface area contributed by atoms with Crippen LogP contribution in [0.3, 0.4) is 0 Å². The summed E-state index contributed by atoms with van der Waals surface area (Å²) >= 11 is 0. The number of hydrogen-bond acceptors (Lipinski definition) is 5. The highest BCUT2D eigenvalue weighted by atomic mass is 16.5. The van der Waals surface area contributed by atoms with Gasteiger partial charge < -0.3 is 19.3 Å². The largest absolute Gasteiger partial charge is 0.497 e. The number of ether oxygens (including phenoxy) is 3. The Morgan fingerprint density at radius 3 is 1.63 bits per heavy atom. The van der Waals surface area contributed by atoms with Crippen molar-refractivity contribution in [3.8, 4) is 17.2 Å². The highest BCUT2D eigenvalue weighted by Crippen LogP contribution is 2.46. The summed E-state index contributed by atoms with van der Waals surface area (Å²) in [6, 6.07) is 24.2. The molecule has 0 radical (unpaired) electrons. The zero-order valence-electron chi connectivity index (χ0n) is 22.3. The van der Waals surface area contributed by atoms with Crippen molar-refractivity contribution in [1.29, 1.82) is 0 Å². The molecule has 0 aromatic heterocycles. The molecule has 6 heteroatoms. The monoisotopic (exact) mass is 513 g/mol. The number of carbonyl (C=O) groups is 1. The standard InChI is InChI=1S/C32H35NO5/c1-5-24(22-33-20-6-7-23(21-33)31(34)35)32(25-8-14-28(36-2)15-9-25,26-10-16-29(37-3)17-11-26)27-12-18-30(38-4)19-13-27/h8-19,23H,1,6-7,20-22H2,2-4H3,(H,34,35). The molecule has 38 heavy (non-hydrogen) atoms. The van der Waals surface area contributed by atoms with Gasteiger partial charge in [-0.15, -0.1) is 5.73 Å². The van der Waals surface area contributed by atoms with Gasteiger partial charge in [0.25, 0.3) is 0 Å². The minimum Gasteiger partial charge on any atom is -0.497 e. The minimum absolute atomic E-state index is 0.382. The highest BCUT2D eigenvalue weighted by molar-refractivity contribution is 5.70. The second-order valence-electron chi connectivity index (χ2n) is 9.50. The first-order valence-corrected chi connectivity index (χ1v) is 12.7. The van der Waals surface area contributed by atoms with E-state index in [4.69, 9.17) is 14.2 Å². The van der Waals surface area contributed by atoms with Crippen LogP contribution in [0.25, 0.3) is 0 Å². The van der Waals surface area contributed by atoms with Crippen LogP contribution in [0.2, 0.25) is 0 Å². The molecule has 1 atom stereocenters. The Kier molecular flexibility index (Phi) is 8.57. The lowest BCUT2D eigenvalue weighted by Gasteiger charge is -2.40. The molecule has 1 unspecified atom stereocenters. The number of rotatable bonds is 10. The van der Waals surface area contributed by atoms with Gasteiger partial charge in [0.05, 0.1) is 32.7 Å². The van der Waals surface area contributed by atoms with E-state index in [1.807, 2.05) is 36.4 Å². The summed E-state index contributed by atoms with van der Waals surface area (Å²) in [6.07, 6.45) is 1.53. The second kappa shape index (κ2) is 12.0. The lowest BCUT2D eigenvalue weighted by Crippen LogP contribution is -2.43. The van der Waals surface area contributed by atoms with Crippen LogP contribution in [0.5, 0.6) is 17.2 Å². The van der Waals surface area contributed by atoms with Crippen molar-refractivity contribution in [2.45, 2.75) is 18.3 Å². The third-order valence-electron chi connectivity index (χ3n) is 7.47. The summed E-state index contributed by atoms with van der Waals surface area (Å²) < 4.78 is 16.4. The molecule has 1 fully saturated rings. The highest BCUT2D eigenvalue weighted by Gasteiger charge is 2.41. The number of likely N-dealkylation sites (tertiary alicyclic amines) is 1. The first-order chi connectivity index (χ1) is 18.5. The van der Waals surface area contributed by atoms with E-state index in [0.29, 0.717) is 19.5 Å². The third kappa shape index (κ3) is 5.33. The topological polar surface area (TPSA) is 68.2 Å². The van der Waals surface area contributed by atoms with Crippen molar-refractivity contribution in [3.63, 3.8) is 0 Å². The van der Waals surface area contributed by atoms with Crippen LogP contribution in [0.4, 0.5) is 0 Å². The molecule has 1 heterocycles. The number of methoxy groups -OCH3 is 3. The third-order valence-corrected chi connectivity index (χ3v) is 7.47. The van der Waals surface area contributed by atoms with Gasteiger partial charge in [-0.25, -0.2) is 0 Å². The molecule has 6 nitrogen and oxygen atoms in total. The first kappa shape index (κ1) is 27.1. The summed E-state index contributed by atoms with van der Waals surface area (Å²) in [7, 11) is 4.96. The molecule has 0 bridgehead atoms. The maximum Gasteiger partial charge on any atom is 0.307 e. The average Bonchev–Trinajstić information content (AvgIpc) is 2.98. The summed E-state index contributed by atoms with van der Waals surface area (Å²) in [5.41, 5.74) is 6.53. The Hall–Kier alpha value is -3.99. The van der Waals surface area contributed by atoms with Crippen molar-refractivity contribution in [3.05, 3.63) is 107 Å². The Morgan fingerprint density at radius 2 is 1.29 bits per heavy atom. The van der Waals surface area contributed by atoms with E-state index >= 15 is 0 Å².